The minimum Gasteiger partial charge on any atom is -0.325 e. The van der Waals surface area contributed by atoms with Gasteiger partial charge in [-0.3, -0.25) is 4.79 Å². The number of benzene rings is 1. The zero-order valence-electron chi connectivity index (χ0n) is 11.4. The maximum Gasteiger partial charge on any atom is 0.237 e. The van der Waals surface area contributed by atoms with Gasteiger partial charge in [0.05, 0.1) is 5.25 Å². The molecular formula is C14H15FN2OS2. The Morgan fingerprint density at radius 2 is 2.20 bits per heavy atom. The lowest BCUT2D eigenvalue weighted by Gasteiger charge is -2.11. The number of nitrogens with zero attached hydrogens (tertiary/aromatic N) is 1. The summed E-state index contributed by atoms with van der Waals surface area (Å²) in [6.45, 7) is 5.41. The molecule has 0 aliphatic carbocycles. The Morgan fingerprint density at radius 1 is 1.45 bits per heavy atom. The van der Waals surface area contributed by atoms with E-state index in [4.69, 9.17) is 0 Å². The number of anilines is 1. The smallest absolute Gasteiger partial charge is 0.237 e. The number of hydrogen-bond acceptors (Lipinski definition) is 4. The highest BCUT2D eigenvalue weighted by Crippen LogP contribution is 2.27. The third-order valence-electron chi connectivity index (χ3n) is 2.68. The molecule has 1 unspecified atom stereocenters. The Hall–Kier alpha value is -1.40. The van der Waals surface area contributed by atoms with Gasteiger partial charge in [0.1, 0.15) is 5.82 Å². The lowest BCUT2D eigenvalue weighted by atomic mass is 10.2. The summed E-state index contributed by atoms with van der Waals surface area (Å²) in [6, 6.07) is 4.67. The van der Waals surface area contributed by atoms with Crippen molar-refractivity contribution in [1.82, 2.24) is 4.98 Å². The third-order valence-corrected chi connectivity index (χ3v) is 4.87. The van der Waals surface area contributed by atoms with Crippen molar-refractivity contribution in [1.29, 1.82) is 0 Å². The van der Waals surface area contributed by atoms with Crippen LogP contribution < -0.4 is 5.32 Å². The van der Waals surface area contributed by atoms with Gasteiger partial charge in [0.2, 0.25) is 5.91 Å². The van der Waals surface area contributed by atoms with E-state index in [1.54, 1.807) is 26.0 Å². The molecule has 0 fully saturated rings. The van der Waals surface area contributed by atoms with E-state index in [0.717, 1.165) is 10.0 Å². The van der Waals surface area contributed by atoms with Gasteiger partial charge in [-0.15, -0.1) is 11.3 Å². The highest BCUT2D eigenvalue weighted by Gasteiger charge is 2.16. The van der Waals surface area contributed by atoms with E-state index in [2.05, 4.69) is 10.3 Å². The molecule has 0 aliphatic rings. The number of rotatable bonds is 4. The molecule has 0 saturated carbocycles. The van der Waals surface area contributed by atoms with E-state index in [1.807, 2.05) is 12.3 Å². The summed E-state index contributed by atoms with van der Waals surface area (Å²) in [5.74, 6) is -0.482. The van der Waals surface area contributed by atoms with Crippen molar-refractivity contribution in [2.24, 2.45) is 0 Å². The van der Waals surface area contributed by atoms with Gasteiger partial charge in [0.25, 0.3) is 0 Å². The molecule has 0 aliphatic heterocycles. The van der Waals surface area contributed by atoms with E-state index < -0.39 is 0 Å². The summed E-state index contributed by atoms with van der Waals surface area (Å²) >= 11 is 2.92. The summed E-state index contributed by atoms with van der Waals surface area (Å²) in [4.78, 5) is 16.3. The van der Waals surface area contributed by atoms with E-state index in [9.17, 15) is 9.18 Å². The Bertz CT molecular complexity index is 627. The van der Waals surface area contributed by atoms with Crippen molar-refractivity contribution < 1.29 is 9.18 Å². The minimum atomic E-state index is -0.321. The Labute approximate surface area is 125 Å². The average Bonchev–Trinajstić information content (AvgIpc) is 2.79. The zero-order valence-corrected chi connectivity index (χ0v) is 13.1. The first-order valence-corrected chi connectivity index (χ1v) is 7.87. The Morgan fingerprint density at radius 3 is 2.80 bits per heavy atom. The second-order valence-electron chi connectivity index (χ2n) is 4.47. The molecule has 2 rings (SSSR count). The summed E-state index contributed by atoms with van der Waals surface area (Å²) in [5.41, 5.74) is 1.98. The van der Waals surface area contributed by atoms with Crippen LogP contribution in [-0.2, 0) is 4.79 Å². The number of amides is 1. The first-order chi connectivity index (χ1) is 9.45. The minimum absolute atomic E-state index is 0.161. The lowest BCUT2D eigenvalue weighted by molar-refractivity contribution is -0.115. The number of thioether (sulfide) groups is 1. The van der Waals surface area contributed by atoms with E-state index >= 15 is 0 Å². The van der Waals surface area contributed by atoms with Crippen LogP contribution in [-0.4, -0.2) is 16.1 Å². The summed E-state index contributed by atoms with van der Waals surface area (Å²) in [6.07, 6.45) is 0. The zero-order chi connectivity index (χ0) is 14.7. The van der Waals surface area contributed by atoms with Crippen molar-refractivity contribution in [3.63, 3.8) is 0 Å². The lowest BCUT2D eigenvalue weighted by Crippen LogP contribution is -2.22. The topological polar surface area (TPSA) is 42.0 Å². The van der Waals surface area contributed by atoms with Crippen LogP contribution in [0.25, 0.3) is 0 Å². The van der Waals surface area contributed by atoms with Crippen molar-refractivity contribution in [2.45, 2.75) is 30.4 Å². The van der Waals surface area contributed by atoms with Gasteiger partial charge in [-0.2, -0.15) is 0 Å². The number of carbonyl (C=O) groups is 1. The van der Waals surface area contributed by atoms with Crippen molar-refractivity contribution in [3.05, 3.63) is 40.7 Å². The van der Waals surface area contributed by atoms with Gasteiger partial charge < -0.3 is 5.32 Å². The van der Waals surface area contributed by atoms with Gasteiger partial charge in [-0.1, -0.05) is 17.8 Å². The van der Waals surface area contributed by atoms with Gasteiger partial charge in [-0.05, 0) is 38.5 Å². The largest absolute Gasteiger partial charge is 0.325 e. The Balaban J connectivity index is 1.98. The standard InChI is InChI=1S/C14H15FN2OS2/c1-8-4-5-11(6-12(8)15)17-13(18)10(3)20-14-16-9(2)7-19-14/h4-7,10H,1-3H3,(H,17,18). The number of aryl methyl sites for hydroxylation is 2. The SMILES string of the molecule is Cc1csc(SC(C)C(=O)Nc2ccc(C)c(F)c2)n1. The van der Waals surface area contributed by atoms with Crippen LogP contribution in [0.1, 0.15) is 18.2 Å². The second-order valence-corrected chi connectivity index (χ2v) is 6.91. The predicted octanol–water partition coefficient (Wildman–Crippen LogP) is 4.02. The van der Waals surface area contributed by atoms with Gasteiger partial charge in [-0.25, -0.2) is 9.37 Å². The van der Waals surface area contributed by atoms with Crippen molar-refractivity contribution in [3.8, 4) is 0 Å². The highest BCUT2D eigenvalue weighted by molar-refractivity contribution is 8.02. The maximum absolute atomic E-state index is 13.4. The normalized spacial score (nSPS) is 12.2. The number of halogens is 1. The second kappa shape index (κ2) is 6.37. The molecule has 3 nitrogen and oxygen atoms in total. The van der Waals surface area contributed by atoms with Crippen molar-refractivity contribution in [2.75, 3.05) is 5.32 Å². The van der Waals surface area contributed by atoms with Gasteiger partial charge >= 0.3 is 0 Å². The first-order valence-electron chi connectivity index (χ1n) is 6.11. The van der Waals surface area contributed by atoms with Crippen LogP contribution in [0.4, 0.5) is 10.1 Å². The predicted molar refractivity (Wildman–Crippen MR) is 81.9 cm³/mol. The van der Waals surface area contributed by atoms with Crippen LogP contribution in [0.15, 0.2) is 27.9 Å². The fourth-order valence-corrected chi connectivity index (χ4v) is 3.49. The number of thiazole rings is 1. The molecule has 1 N–H and O–H groups in total. The summed E-state index contributed by atoms with van der Waals surface area (Å²) < 4.78 is 14.3. The van der Waals surface area contributed by atoms with E-state index in [-0.39, 0.29) is 17.0 Å². The molecule has 0 radical (unpaired) electrons. The molecular weight excluding hydrogens is 295 g/mol. The molecule has 1 heterocycles. The molecule has 1 aromatic carbocycles. The van der Waals surface area contributed by atoms with Gasteiger partial charge in [0.15, 0.2) is 4.34 Å². The highest BCUT2D eigenvalue weighted by atomic mass is 32.2. The molecule has 1 atom stereocenters. The summed E-state index contributed by atoms with van der Waals surface area (Å²) in [7, 11) is 0. The van der Waals surface area contributed by atoms with Gasteiger partial charge in [0, 0.05) is 16.8 Å². The molecule has 106 valence electrons. The molecule has 1 aromatic heterocycles. The molecule has 0 bridgehead atoms. The molecule has 0 spiro atoms. The number of nitrogens with one attached hydrogen (secondary N) is 1. The fourth-order valence-electron chi connectivity index (χ4n) is 1.51. The average molecular weight is 310 g/mol. The molecule has 2 aromatic rings. The van der Waals surface area contributed by atoms with E-state index in [1.165, 1.54) is 29.2 Å². The molecule has 6 heteroatoms. The van der Waals surface area contributed by atoms with Crippen LogP contribution in [0.5, 0.6) is 0 Å². The quantitative estimate of drug-likeness (QED) is 0.867. The first kappa shape index (κ1) is 15.0. The third kappa shape index (κ3) is 3.80. The van der Waals surface area contributed by atoms with Crippen LogP contribution >= 0.6 is 23.1 Å². The monoisotopic (exact) mass is 310 g/mol. The number of hydrogen-bond donors (Lipinski definition) is 1. The maximum atomic E-state index is 13.4. The summed E-state index contributed by atoms with van der Waals surface area (Å²) in [5, 5.41) is 4.37. The van der Waals surface area contributed by atoms with E-state index in [0.29, 0.717) is 11.3 Å². The van der Waals surface area contributed by atoms with Crippen LogP contribution in [0.2, 0.25) is 0 Å². The van der Waals surface area contributed by atoms with Crippen LogP contribution in [0, 0.1) is 19.7 Å². The Kier molecular flexibility index (Phi) is 4.77. The fraction of sp³-hybridized carbons (Fsp3) is 0.286. The number of carbonyl (C=O) groups excluding carboxylic acids is 1. The number of aromatic nitrogens is 1. The van der Waals surface area contributed by atoms with Crippen LogP contribution in [0.3, 0.4) is 0 Å². The van der Waals surface area contributed by atoms with Crippen molar-refractivity contribution >= 4 is 34.7 Å². The molecule has 20 heavy (non-hydrogen) atoms. The molecule has 1 amide bonds. The molecule has 0 saturated heterocycles.